The van der Waals surface area contributed by atoms with E-state index in [4.69, 9.17) is 10.00 Å². The Balaban J connectivity index is 1.98. The summed E-state index contributed by atoms with van der Waals surface area (Å²) in [6.45, 7) is 0.273. The Hall–Kier alpha value is -2.68. The van der Waals surface area contributed by atoms with Crippen molar-refractivity contribution < 1.29 is 17.9 Å². The van der Waals surface area contributed by atoms with Gasteiger partial charge in [0.2, 0.25) is 0 Å². The molecule has 0 saturated carbocycles. The standard InChI is InChI=1S/C15H11F3N2O/c16-13-7-11(8-14(17)15(13)18)20-9-10-1-3-12(4-2-10)21-6-5-19/h1-4,7-8,20H,6,9H2. The van der Waals surface area contributed by atoms with Crippen molar-refractivity contribution in [3.05, 3.63) is 59.4 Å². The van der Waals surface area contributed by atoms with Crippen LogP contribution in [0.4, 0.5) is 18.9 Å². The van der Waals surface area contributed by atoms with E-state index in [0.29, 0.717) is 12.3 Å². The Labute approximate surface area is 119 Å². The first-order chi connectivity index (χ1) is 10.1. The molecule has 6 heteroatoms. The van der Waals surface area contributed by atoms with E-state index in [1.165, 1.54) is 0 Å². The van der Waals surface area contributed by atoms with Crippen LogP contribution in [0.25, 0.3) is 0 Å². The molecule has 3 nitrogen and oxygen atoms in total. The van der Waals surface area contributed by atoms with E-state index < -0.39 is 17.5 Å². The fourth-order valence-electron chi connectivity index (χ4n) is 1.68. The molecule has 0 heterocycles. The molecule has 0 aromatic heterocycles. The van der Waals surface area contributed by atoms with Crippen LogP contribution >= 0.6 is 0 Å². The molecule has 0 saturated heterocycles. The van der Waals surface area contributed by atoms with Crippen LogP contribution in [0.15, 0.2) is 36.4 Å². The number of ether oxygens (including phenoxy) is 1. The molecule has 0 aliphatic heterocycles. The highest BCUT2D eigenvalue weighted by molar-refractivity contribution is 5.45. The molecule has 0 atom stereocenters. The van der Waals surface area contributed by atoms with Crippen molar-refractivity contribution in [2.75, 3.05) is 11.9 Å². The molecule has 0 bridgehead atoms. The topological polar surface area (TPSA) is 45.0 Å². The zero-order chi connectivity index (χ0) is 15.2. The molecule has 0 spiro atoms. The lowest BCUT2D eigenvalue weighted by Gasteiger charge is -2.08. The Morgan fingerprint density at radius 3 is 2.24 bits per heavy atom. The van der Waals surface area contributed by atoms with E-state index in [1.54, 1.807) is 24.3 Å². The van der Waals surface area contributed by atoms with Crippen molar-refractivity contribution in [3.63, 3.8) is 0 Å². The number of halogens is 3. The third-order valence-electron chi connectivity index (χ3n) is 2.71. The van der Waals surface area contributed by atoms with E-state index in [2.05, 4.69) is 5.32 Å². The van der Waals surface area contributed by atoms with Crippen molar-refractivity contribution in [3.8, 4) is 11.8 Å². The number of nitriles is 1. The molecular formula is C15H11F3N2O. The van der Waals surface area contributed by atoms with Gasteiger partial charge in [0.15, 0.2) is 24.1 Å². The molecule has 0 radical (unpaired) electrons. The fourth-order valence-corrected chi connectivity index (χ4v) is 1.68. The molecular weight excluding hydrogens is 281 g/mol. The average molecular weight is 292 g/mol. The van der Waals surface area contributed by atoms with Crippen LogP contribution < -0.4 is 10.1 Å². The Morgan fingerprint density at radius 1 is 1.05 bits per heavy atom. The maximum Gasteiger partial charge on any atom is 0.194 e. The first kappa shape index (κ1) is 14.7. The summed E-state index contributed by atoms with van der Waals surface area (Å²) < 4.78 is 44.0. The van der Waals surface area contributed by atoms with Gasteiger partial charge in [-0.3, -0.25) is 0 Å². The lowest BCUT2D eigenvalue weighted by molar-refractivity contribution is 0.368. The number of nitrogens with one attached hydrogen (secondary N) is 1. The number of anilines is 1. The number of hydrogen-bond donors (Lipinski definition) is 1. The van der Waals surface area contributed by atoms with Crippen LogP contribution in [-0.4, -0.2) is 6.61 Å². The van der Waals surface area contributed by atoms with E-state index in [9.17, 15) is 13.2 Å². The van der Waals surface area contributed by atoms with Crippen molar-refractivity contribution in [1.29, 1.82) is 5.26 Å². The minimum Gasteiger partial charge on any atom is -0.479 e. The summed E-state index contributed by atoms with van der Waals surface area (Å²) >= 11 is 0. The monoisotopic (exact) mass is 292 g/mol. The van der Waals surface area contributed by atoms with Crippen LogP contribution in [-0.2, 0) is 6.54 Å². The van der Waals surface area contributed by atoms with E-state index in [-0.39, 0.29) is 12.3 Å². The van der Waals surface area contributed by atoms with Gasteiger partial charge in [-0.05, 0) is 17.7 Å². The van der Waals surface area contributed by atoms with Crippen molar-refractivity contribution in [2.24, 2.45) is 0 Å². The van der Waals surface area contributed by atoms with Crippen molar-refractivity contribution in [1.82, 2.24) is 0 Å². The zero-order valence-electron chi connectivity index (χ0n) is 10.9. The van der Waals surface area contributed by atoms with Gasteiger partial charge < -0.3 is 10.1 Å². The maximum absolute atomic E-state index is 13.0. The predicted molar refractivity (Wildman–Crippen MR) is 71.2 cm³/mol. The quantitative estimate of drug-likeness (QED) is 0.856. The molecule has 2 aromatic carbocycles. The maximum atomic E-state index is 13.0. The van der Waals surface area contributed by atoms with Gasteiger partial charge in [-0.1, -0.05) is 12.1 Å². The van der Waals surface area contributed by atoms with Crippen molar-refractivity contribution in [2.45, 2.75) is 6.54 Å². The second-order valence-electron chi connectivity index (χ2n) is 4.20. The van der Waals surface area contributed by atoms with Crippen LogP contribution in [0.3, 0.4) is 0 Å². The molecule has 2 aromatic rings. The van der Waals surface area contributed by atoms with Gasteiger partial charge in [0.1, 0.15) is 11.8 Å². The number of rotatable bonds is 5. The molecule has 108 valence electrons. The molecule has 2 rings (SSSR count). The molecule has 1 N–H and O–H groups in total. The minimum absolute atomic E-state index is 0.0360. The highest BCUT2D eigenvalue weighted by atomic mass is 19.2. The summed E-state index contributed by atoms with van der Waals surface area (Å²) in [5.74, 6) is -3.41. The second-order valence-corrected chi connectivity index (χ2v) is 4.20. The Kier molecular flexibility index (Phi) is 4.67. The molecule has 0 aliphatic rings. The fraction of sp³-hybridized carbons (Fsp3) is 0.133. The van der Waals surface area contributed by atoms with Gasteiger partial charge in [0.05, 0.1) is 0 Å². The second kappa shape index (κ2) is 6.66. The van der Waals surface area contributed by atoms with Crippen LogP contribution in [0.5, 0.6) is 5.75 Å². The van der Waals surface area contributed by atoms with Gasteiger partial charge in [0.25, 0.3) is 0 Å². The summed E-state index contributed by atoms with van der Waals surface area (Å²) in [4.78, 5) is 0. The highest BCUT2D eigenvalue weighted by Gasteiger charge is 2.10. The van der Waals surface area contributed by atoms with E-state index >= 15 is 0 Å². The lowest BCUT2D eigenvalue weighted by atomic mass is 10.2. The minimum atomic E-state index is -1.49. The molecule has 0 aliphatic carbocycles. The van der Waals surface area contributed by atoms with Gasteiger partial charge in [-0.25, -0.2) is 13.2 Å². The Morgan fingerprint density at radius 2 is 1.67 bits per heavy atom. The molecule has 0 amide bonds. The van der Waals surface area contributed by atoms with Gasteiger partial charge >= 0.3 is 0 Å². The summed E-state index contributed by atoms with van der Waals surface area (Å²) in [5.41, 5.74) is 0.987. The first-order valence-electron chi connectivity index (χ1n) is 6.07. The Bertz CT molecular complexity index is 643. The SMILES string of the molecule is N#CCOc1ccc(CNc2cc(F)c(F)c(F)c2)cc1. The average Bonchev–Trinajstić information content (AvgIpc) is 2.49. The third-order valence-corrected chi connectivity index (χ3v) is 2.71. The van der Waals surface area contributed by atoms with E-state index in [1.807, 2.05) is 6.07 Å². The third kappa shape index (κ3) is 3.89. The highest BCUT2D eigenvalue weighted by Crippen LogP contribution is 2.18. The number of hydrogen-bond acceptors (Lipinski definition) is 3. The first-order valence-corrected chi connectivity index (χ1v) is 6.07. The summed E-state index contributed by atoms with van der Waals surface area (Å²) in [7, 11) is 0. The van der Waals surface area contributed by atoms with Gasteiger partial charge in [-0.15, -0.1) is 0 Å². The normalized spacial score (nSPS) is 10.0. The van der Waals surface area contributed by atoms with Gasteiger partial charge in [-0.2, -0.15) is 5.26 Å². The predicted octanol–water partition coefficient (Wildman–Crippen LogP) is 3.62. The molecule has 0 unspecified atom stereocenters. The lowest BCUT2D eigenvalue weighted by Crippen LogP contribution is -2.02. The number of benzene rings is 2. The molecule has 21 heavy (non-hydrogen) atoms. The van der Waals surface area contributed by atoms with Crippen LogP contribution in [0.2, 0.25) is 0 Å². The molecule has 0 fully saturated rings. The summed E-state index contributed by atoms with van der Waals surface area (Å²) in [6, 6.07) is 10.5. The largest absolute Gasteiger partial charge is 0.479 e. The van der Waals surface area contributed by atoms with E-state index in [0.717, 1.165) is 17.7 Å². The van der Waals surface area contributed by atoms with Crippen LogP contribution in [0.1, 0.15) is 5.56 Å². The zero-order valence-corrected chi connectivity index (χ0v) is 10.9. The summed E-state index contributed by atoms with van der Waals surface area (Å²) in [6.07, 6.45) is 0. The number of nitrogens with zero attached hydrogens (tertiary/aromatic N) is 1. The summed E-state index contributed by atoms with van der Waals surface area (Å²) in [5, 5.41) is 11.2. The smallest absolute Gasteiger partial charge is 0.194 e. The van der Waals surface area contributed by atoms with Gasteiger partial charge in [0, 0.05) is 24.4 Å². The van der Waals surface area contributed by atoms with Crippen LogP contribution in [0, 0.1) is 28.8 Å². The van der Waals surface area contributed by atoms with Crippen molar-refractivity contribution >= 4 is 5.69 Å².